The summed E-state index contributed by atoms with van der Waals surface area (Å²) in [6.45, 7) is 11.6. The molecule has 0 bridgehead atoms. The van der Waals surface area contributed by atoms with E-state index in [0.717, 1.165) is 0 Å². The summed E-state index contributed by atoms with van der Waals surface area (Å²) in [6.07, 6.45) is 2.39. The first-order valence-electron chi connectivity index (χ1n) is 7.16. The highest BCUT2D eigenvalue weighted by molar-refractivity contribution is 7.96. The van der Waals surface area contributed by atoms with Crippen molar-refractivity contribution in [1.82, 2.24) is 5.32 Å². The molecule has 1 atom stereocenters. The van der Waals surface area contributed by atoms with Gasteiger partial charge in [0, 0.05) is 18.2 Å². The van der Waals surface area contributed by atoms with Crippen molar-refractivity contribution in [2.45, 2.75) is 65.7 Å². The molecule has 0 spiro atoms. The number of nitrogens with one attached hydrogen (secondary N) is 1. The third-order valence-electron chi connectivity index (χ3n) is 2.42. The van der Waals surface area contributed by atoms with Crippen molar-refractivity contribution in [3.8, 4) is 0 Å². The third-order valence-corrected chi connectivity index (χ3v) is 2.53. The summed E-state index contributed by atoms with van der Waals surface area (Å²) in [5.74, 6) is -1.27. The van der Waals surface area contributed by atoms with Crippen LogP contribution in [0.2, 0.25) is 0 Å². The molecule has 0 fully saturated rings. The van der Waals surface area contributed by atoms with Crippen LogP contribution >= 0.6 is 12.6 Å². The third kappa shape index (κ3) is 15.4. The zero-order chi connectivity index (χ0) is 16.9. The van der Waals surface area contributed by atoms with Gasteiger partial charge in [-0.05, 0) is 34.1 Å². The summed E-state index contributed by atoms with van der Waals surface area (Å²) < 4.78 is 5.37. The number of hydrogen-bond acceptors (Lipinski definition) is 5. The Morgan fingerprint density at radius 2 is 1.86 bits per heavy atom. The minimum Gasteiger partial charge on any atom is -0.396 e. The number of oxime groups is 1. The molecule has 0 rings (SSSR count). The van der Waals surface area contributed by atoms with Gasteiger partial charge in [-0.1, -0.05) is 31.6 Å². The van der Waals surface area contributed by atoms with Gasteiger partial charge in [-0.3, -0.25) is 4.79 Å². The lowest BCUT2D eigenvalue weighted by Gasteiger charge is -2.28. The molecule has 1 amide bonds. The minimum atomic E-state index is -1.27. The van der Waals surface area contributed by atoms with E-state index in [1.54, 1.807) is 13.8 Å². The fourth-order valence-corrected chi connectivity index (χ4v) is 1.62. The Kier molecular flexibility index (Phi) is 12.7. The molecule has 0 aliphatic carbocycles. The standard InChI is InChI=1S/C12H24N2O4S.C2H6/c1-5-13-18-9-7-12(4,16)17-8-6-11(2,3)14-10(15)19;1-2/h5,16H,6-9H2,1-4H3,(H2,14,15,19);1-2H3/b13-5+;. The minimum absolute atomic E-state index is 0.272. The average Bonchev–Trinajstić information content (AvgIpc) is 2.35. The summed E-state index contributed by atoms with van der Waals surface area (Å²) in [4.78, 5) is 15.7. The molecule has 6 nitrogen and oxygen atoms in total. The Bertz CT molecular complexity index is 307. The lowest BCUT2D eigenvalue weighted by molar-refractivity contribution is -0.202. The predicted octanol–water partition coefficient (Wildman–Crippen LogP) is 2.96. The van der Waals surface area contributed by atoms with Gasteiger partial charge < -0.3 is 20.0 Å². The van der Waals surface area contributed by atoms with Crippen molar-refractivity contribution in [1.29, 1.82) is 0 Å². The van der Waals surface area contributed by atoms with Crippen LogP contribution in [0.5, 0.6) is 0 Å². The molecule has 7 heteroatoms. The van der Waals surface area contributed by atoms with E-state index >= 15 is 0 Å². The van der Waals surface area contributed by atoms with Gasteiger partial charge in [-0.15, -0.1) is 0 Å². The van der Waals surface area contributed by atoms with Crippen LogP contribution in [0.3, 0.4) is 0 Å². The van der Waals surface area contributed by atoms with Crippen LogP contribution in [-0.4, -0.2) is 41.1 Å². The summed E-state index contributed by atoms with van der Waals surface area (Å²) in [6, 6.07) is 0. The predicted molar refractivity (Wildman–Crippen MR) is 88.9 cm³/mol. The molecule has 0 aromatic carbocycles. The number of rotatable bonds is 9. The monoisotopic (exact) mass is 322 g/mol. The molecule has 0 aliphatic heterocycles. The highest BCUT2D eigenvalue weighted by Crippen LogP contribution is 2.15. The van der Waals surface area contributed by atoms with Crippen molar-refractivity contribution >= 4 is 24.1 Å². The van der Waals surface area contributed by atoms with Gasteiger partial charge in [-0.25, -0.2) is 0 Å². The van der Waals surface area contributed by atoms with E-state index in [-0.39, 0.29) is 11.8 Å². The summed E-state index contributed by atoms with van der Waals surface area (Å²) in [5.41, 5.74) is -0.433. The fourth-order valence-electron chi connectivity index (χ4n) is 1.31. The second kappa shape index (κ2) is 11.8. The lowest BCUT2D eigenvalue weighted by atomic mass is 10.0. The topological polar surface area (TPSA) is 80.2 Å². The van der Waals surface area contributed by atoms with E-state index in [9.17, 15) is 9.90 Å². The van der Waals surface area contributed by atoms with Gasteiger partial charge >= 0.3 is 0 Å². The maximum atomic E-state index is 10.9. The maximum absolute atomic E-state index is 10.9. The molecule has 0 aromatic heterocycles. The van der Waals surface area contributed by atoms with Crippen LogP contribution in [0, 0.1) is 0 Å². The van der Waals surface area contributed by atoms with Gasteiger partial charge in [0.15, 0.2) is 5.79 Å². The van der Waals surface area contributed by atoms with Crippen molar-refractivity contribution in [2.24, 2.45) is 5.16 Å². The molecule has 0 heterocycles. The molecule has 0 aromatic rings. The SMILES string of the molecule is C/C=N/OCCC(C)(O)OCCC(C)(C)NC(=O)S.CC. The van der Waals surface area contributed by atoms with E-state index in [1.165, 1.54) is 6.21 Å². The first-order chi connectivity index (χ1) is 9.68. The summed E-state index contributed by atoms with van der Waals surface area (Å²) in [7, 11) is 0. The van der Waals surface area contributed by atoms with E-state index in [0.29, 0.717) is 19.4 Å². The van der Waals surface area contributed by atoms with E-state index in [1.807, 2.05) is 27.7 Å². The Morgan fingerprint density at radius 1 is 1.29 bits per heavy atom. The zero-order valence-corrected chi connectivity index (χ0v) is 14.9. The largest absolute Gasteiger partial charge is 0.396 e. The van der Waals surface area contributed by atoms with Gasteiger partial charge in [0.25, 0.3) is 5.24 Å². The van der Waals surface area contributed by atoms with E-state index in [4.69, 9.17) is 9.57 Å². The quantitative estimate of drug-likeness (QED) is 0.200. The zero-order valence-electron chi connectivity index (χ0n) is 14.0. The van der Waals surface area contributed by atoms with Crippen molar-refractivity contribution in [3.63, 3.8) is 0 Å². The smallest absolute Gasteiger partial charge is 0.276 e. The Balaban J connectivity index is 0. The molecular weight excluding hydrogens is 292 g/mol. The lowest BCUT2D eigenvalue weighted by Crippen LogP contribution is -2.42. The number of carbonyl (C=O) groups excluding carboxylic acids is 1. The fraction of sp³-hybridized carbons (Fsp3) is 0.857. The molecule has 0 saturated carbocycles. The number of amides is 1. The summed E-state index contributed by atoms with van der Waals surface area (Å²) in [5, 5.41) is 15.8. The Hall–Kier alpha value is -0.790. The first-order valence-corrected chi connectivity index (χ1v) is 7.61. The molecule has 0 saturated heterocycles. The van der Waals surface area contributed by atoms with Gasteiger partial charge in [-0.2, -0.15) is 0 Å². The number of ether oxygens (including phenoxy) is 1. The molecule has 0 radical (unpaired) electrons. The molecule has 2 N–H and O–H groups in total. The molecule has 0 aliphatic rings. The second-order valence-corrected chi connectivity index (χ2v) is 5.44. The van der Waals surface area contributed by atoms with Crippen LogP contribution in [0.15, 0.2) is 5.16 Å². The van der Waals surface area contributed by atoms with Crippen molar-refractivity contribution in [3.05, 3.63) is 0 Å². The number of hydrogen-bond donors (Lipinski definition) is 3. The van der Waals surface area contributed by atoms with Gasteiger partial charge in [0.05, 0.1) is 6.61 Å². The first kappa shape index (κ1) is 22.5. The van der Waals surface area contributed by atoms with Crippen LogP contribution in [0.4, 0.5) is 4.79 Å². The van der Waals surface area contributed by atoms with Crippen molar-refractivity contribution < 1.29 is 19.5 Å². The summed E-state index contributed by atoms with van der Waals surface area (Å²) >= 11 is 3.67. The van der Waals surface area contributed by atoms with Crippen LogP contribution in [0.25, 0.3) is 0 Å². The second-order valence-electron chi connectivity index (χ2n) is 5.03. The molecule has 1 unspecified atom stereocenters. The van der Waals surface area contributed by atoms with Gasteiger partial charge in [0.1, 0.15) is 6.61 Å². The number of thiol groups is 1. The molecule has 21 heavy (non-hydrogen) atoms. The van der Waals surface area contributed by atoms with Crippen LogP contribution in [-0.2, 0) is 9.57 Å². The van der Waals surface area contributed by atoms with E-state index < -0.39 is 11.3 Å². The molecular formula is C14H30N2O4S. The maximum Gasteiger partial charge on any atom is 0.276 e. The highest BCUT2D eigenvalue weighted by Gasteiger charge is 2.24. The number of carbonyl (C=O) groups is 1. The average molecular weight is 322 g/mol. The van der Waals surface area contributed by atoms with Gasteiger partial charge in [0.2, 0.25) is 0 Å². The van der Waals surface area contributed by atoms with Crippen LogP contribution < -0.4 is 5.32 Å². The molecule has 126 valence electrons. The highest BCUT2D eigenvalue weighted by atomic mass is 32.1. The van der Waals surface area contributed by atoms with Crippen LogP contribution in [0.1, 0.15) is 54.4 Å². The van der Waals surface area contributed by atoms with Crippen molar-refractivity contribution in [2.75, 3.05) is 13.2 Å². The normalized spacial score (nSPS) is 14.1. The number of nitrogens with zero attached hydrogens (tertiary/aromatic N) is 1. The Morgan fingerprint density at radius 3 is 2.33 bits per heavy atom. The van der Waals surface area contributed by atoms with E-state index in [2.05, 4.69) is 23.1 Å². The number of aliphatic hydroxyl groups is 1. The Labute approximate surface area is 133 Å².